The third-order valence-electron chi connectivity index (χ3n) is 5.41. The summed E-state index contributed by atoms with van der Waals surface area (Å²) in [7, 11) is 0. The van der Waals surface area contributed by atoms with Gasteiger partial charge in [0.05, 0.1) is 17.8 Å². The number of para-hydroxylation sites is 1. The highest BCUT2D eigenvalue weighted by Crippen LogP contribution is 2.31. The SMILES string of the molecule is O=C(C1CC(=O)N(c2ccccc2F)C1)N1CCC(c2cn[nH]c2)CC1. The first kappa shape index (κ1) is 16.8. The second kappa shape index (κ2) is 6.90. The van der Waals surface area contributed by atoms with E-state index in [2.05, 4.69) is 10.2 Å². The number of carbonyl (C=O) groups is 2. The average molecular weight is 356 g/mol. The van der Waals surface area contributed by atoms with Crippen molar-refractivity contribution in [2.24, 2.45) is 5.92 Å². The third kappa shape index (κ3) is 3.09. The number of nitrogens with zero attached hydrogens (tertiary/aromatic N) is 3. The molecule has 0 saturated carbocycles. The molecule has 7 heteroatoms. The van der Waals surface area contributed by atoms with E-state index >= 15 is 0 Å². The summed E-state index contributed by atoms with van der Waals surface area (Å²) in [5.74, 6) is -0.607. The molecule has 0 aliphatic carbocycles. The van der Waals surface area contributed by atoms with Crippen LogP contribution in [-0.2, 0) is 9.59 Å². The first-order valence-electron chi connectivity index (χ1n) is 8.96. The fourth-order valence-corrected chi connectivity index (χ4v) is 3.95. The van der Waals surface area contributed by atoms with Crippen LogP contribution in [0.25, 0.3) is 0 Å². The maximum absolute atomic E-state index is 14.0. The number of hydrogen-bond donors (Lipinski definition) is 1. The molecule has 136 valence electrons. The number of hydrogen-bond acceptors (Lipinski definition) is 3. The molecular weight excluding hydrogens is 335 g/mol. The highest BCUT2D eigenvalue weighted by Gasteiger charge is 2.38. The number of anilines is 1. The van der Waals surface area contributed by atoms with Gasteiger partial charge in [0.25, 0.3) is 0 Å². The molecule has 2 amide bonds. The van der Waals surface area contributed by atoms with E-state index in [4.69, 9.17) is 0 Å². The summed E-state index contributed by atoms with van der Waals surface area (Å²) in [5.41, 5.74) is 1.44. The number of piperidine rings is 1. The highest BCUT2D eigenvalue weighted by atomic mass is 19.1. The minimum atomic E-state index is -0.435. The Morgan fingerprint density at radius 1 is 1.23 bits per heavy atom. The molecule has 6 nitrogen and oxygen atoms in total. The summed E-state index contributed by atoms with van der Waals surface area (Å²) in [6.07, 6.45) is 5.68. The molecule has 1 unspecified atom stereocenters. The topological polar surface area (TPSA) is 69.3 Å². The standard InChI is InChI=1S/C19H21FN4O2/c20-16-3-1-2-4-17(16)24-12-14(9-18(24)25)19(26)23-7-5-13(6-8-23)15-10-21-22-11-15/h1-4,10-11,13-14H,5-9,12H2,(H,21,22). The van der Waals surface area contributed by atoms with E-state index in [-0.39, 0.29) is 30.5 Å². The number of likely N-dealkylation sites (tertiary alicyclic amines) is 1. The van der Waals surface area contributed by atoms with E-state index in [1.807, 2.05) is 17.3 Å². The first-order chi connectivity index (χ1) is 12.6. The van der Waals surface area contributed by atoms with E-state index in [1.54, 1.807) is 18.2 Å². The number of amides is 2. The lowest BCUT2D eigenvalue weighted by Crippen LogP contribution is -2.42. The maximum atomic E-state index is 14.0. The molecule has 26 heavy (non-hydrogen) atoms. The largest absolute Gasteiger partial charge is 0.342 e. The van der Waals surface area contributed by atoms with Gasteiger partial charge in [-0.2, -0.15) is 5.10 Å². The van der Waals surface area contributed by atoms with E-state index in [1.165, 1.54) is 16.5 Å². The Bertz CT molecular complexity index is 800. The van der Waals surface area contributed by atoms with Crippen LogP contribution in [0, 0.1) is 11.7 Å². The van der Waals surface area contributed by atoms with Gasteiger partial charge in [0.15, 0.2) is 0 Å². The van der Waals surface area contributed by atoms with Crippen LogP contribution in [0.3, 0.4) is 0 Å². The van der Waals surface area contributed by atoms with Crippen molar-refractivity contribution in [3.8, 4) is 0 Å². The molecule has 1 aromatic heterocycles. The van der Waals surface area contributed by atoms with Crippen LogP contribution in [0.4, 0.5) is 10.1 Å². The Labute approximate surface area is 151 Å². The van der Waals surface area contributed by atoms with E-state index in [9.17, 15) is 14.0 Å². The van der Waals surface area contributed by atoms with Gasteiger partial charge in [-0.25, -0.2) is 4.39 Å². The van der Waals surface area contributed by atoms with Crippen LogP contribution in [-0.4, -0.2) is 46.5 Å². The minimum absolute atomic E-state index is 0.00262. The molecule has 2 aliphatic rings. The number of carbonyl (C=O) groups excluding carboxylic acids is 2. The first-order valence-corrected chi connectivity index (χ1v) is 8.96. The monoisotopic (exact) mass is 356 g/mol. The molecule has 2 saturated heterocycles. The van der Waals surface area contributed by atoms with Crippen molar-refractivity contribution in [3.63, 3.8) is 0 Å². The van der Waals surface area contributed by atoms with Crippen molar-refractivity contribution in [1.29, 1.82) is 0 Å². The van der Waals surface area contributed by atoms with Crippen molar-refractivity contribution in [2.45, 2.75) is 25.2 Å². The van der Waals surface area contributed by atoms with Crippen molar-refractivity contribution in [1.82, 2.24) is 15.1 Å². The predicted octanol–water partition coefficient (Wildman–Crippen LogP) is 2.31. The molecule has 1 aromatic carbocycles. The lowest BCUT2D eigenvalue weighted by Gasteiger charge is -2.33. The van der Waals surface area contributed by atoms with Crippen molar-refractivity contribution < 1.29 is 14.0 Å². The minimum Gasteiger partial charge on any atom is -0.342 e. The molecule has 2 aromatic rings. The van der Waals surface area contributed by atoms with Gasteiger partial charge in [-0.3, -0.25) is 14.7 Å². The van der Waals surface area contributed by atoms with Crippen LogP contribution < -0.4 is 4.90 Å². The fourth-order valence-electron chi connectivity index (χ4n) is 3.95. The average Bonchev–Trinajstić information content (AvgIpc) is 3.32. The number of halogens is 1. The second-order valence-electron chi connectivity index (χ2n) is 6.99. The predicted molar refractivity (Wildman–Crippen MR) is 94.0 cm³/mol. The van der Waals surface area contributed by atoms with Crippen molar-refractivity contribution in [3.05, 3.63) is 48.0 Å². The summed E-state index contributed by atoms with van der Waals surface area (Å²) < 4.78 is 14.0. The Morgan fingerprint density at radius 2 is 2.00 bits per heavy atom. The van der Waals surface area contributed by atoms with Gasteiger partial charge in [-0.15, -0.1) is 0 Å². The molecule has 2 aliphatic heterocycles. The molecule has 2 fully saturated rings. The van der Waals surface area contributed by atoms with Gasteiger partial charge >= 0.3 is 0 Å². The maximum Gasteiger partial charge on any atom is 0.228 e. The molecular formula is C19H21FN4O2. The quantitative estimate of drug-likeness (QED) is 0.918. The lowest BCUT2D eigenvalue weighted by molar-refractivity contribution is -0.136. The molecule has 0 radical (unpaired) electrons. The Kier molecular flexibility index (Phi) is 4.44. The molecule has 0 spiro atoms. The number of H-pyrrole nitrogens is 1. The highest BCUT2D eigenvalue weighted by molar-refractivity contribution is 6.00. The van der Waals surface area contributed by atoms with Crippen molar-refractivity contribution in [2.75, 3.05) is 24.5 Å². The Morgan fingerprint density at radius 3 is 2.69 bits per heavy atom. The van der Waals surface area contributed by atoms with Crippen LogP contribution in [0.2, 0.25) is 0 Å². The van der Waals surface area contributed by atoms with Gasteiger partial charge in [0.1, 0.15) is 5.82 Å². The Hall–Kier alpha value is -2.70. The normalized spacial score (nSPS) is 21.4. The smallest absolute Gasteiger partial charge is 0.228 e. The Balaban J connectivity index is 1.39. The number of rotatable bonds is 3. The zero-order chi connectivity index (χ0) is 18.1. The molecule has 1 N–H and O–H groups in total. The van der Waals surface area contributed by atoms with Gasteiger partial charge in [-0.05, 0) is 36.5 Å². The van der Waals surface area contributed by atoms with Crippen LogP contribution in [0.5, 0.6) is 0 Å². The van der Waals surface area contributed by atoms with Gasteiger partial charge < -0.3 is 9.80 Å². The van der Waals surface area contributed by atoms with E-state index in [0.29, 0.717) is 19.0 Å². The van der Waals surface area contributed by atoms with E-state index in [0.717, 1.165) is 12.8 Å². The lowest BCUT2D eigenvalue weighted by atomic mass is 9.91. The van der Waals surface area contributed by atoms with Gasteiger partial charge in [0.2, 0.25) is 11.8 Å². The number of aromatic amines is 1. The fraction of sp³-hybridized carbons (Fsp3) is 0.421. The number of benzene rings is 1. The summed E-state index contributed by atoms with van der Waals surface area (Å²) in [4.78, 5) is 28.4. The van der Waals surface area contributed by atoms with Gasteiger partial charge in [0, 0.05) is 32.3 Å². The van der Waals surface area contributed by atoms with Crippen LogP contribution in [0.15, 0.2) is 36.7 Å². The summed E-state index contributed by atoms with van der Waals surface area (Å²) in [5, 5.41) is 6.82. The second-order valence-corrected chi connectivity index (χ2v) is 6.99. The summed E-state index contributed by atoms with van der Waals surface area (Å²) in [6, 6.07) is 6.20. The van der Waals surface area contributed by atoms with Crippen molar-refractivity contribution >= 4 is 17.5 Å². The summed E-state index contributed by atoms with van der Waals surface area (Å²) in [6.45, 7) is 1.61. The van der Waals surface area contributed by atoms with Crippen LogP contribution in [0.1, 0.15) is 30.7 Å². The molecule has 0 bridgehead atoms. The zero-order valence-electron chi connectivity index (χ0n) is 14.4. The zero-order valence-corrected chi connectivity index (χ0v) is 14.4. The molecule has 3 heterocycles. The number of aromatic nitrogens is 2. The molecule has 4 rings (SSSR count). The van der Waals surface area contributed by atoms with Crippen LogP contribution >= 0.6 is 0 Å². The third-order valence-corrected chi connectivity index (χ3v) is 5.41. The summed E-state index contributed by atoms with van der Waals surface area (Å²) >= 11 is 0. The molecule has 1 atom stereocenters. The number of nitrogens with one attached hydrogen (secondary N) is 1. The van der Waals surface area contributed by atoms with Gasteiger partial charge in [-0.1, -0.05) is 12.1 Å². The van der Waals surface area contributed by atoms with E-state index < -0.39 is 11.7 Å².